The molecule has 0 saturated heterocycles. The molecule has 0 amide bonds. The Bertz CT molecular complexity index is 6.00. The van der Waals surface area contributed by atoms with Gasteiger partial charge in [0.25, 0.3) is 0 Å². The Balaban J connectivity index is 0. The third kappa shape index (κ3) is 8.88. The van der Waals surface area contributed by atoms with Crippen LogP contribution in [0.5, 0.6) is 0 Å². The van der Waals surface area contributed by atoms with E-state index in [1.165, 1.54) is 0 Å². The van der Waals surface area contributed by atoms with Crippen LogP contribution < -0.4 is 0 Å². The van der Waals surface area contributed by atoms with Gasteiger partial charge < -0.3 is 0 Å². The molecule has 0 fully saturated rings. The summed E-state index contributed by atoms with van der Waals surface area (Å²) in [5.41, 5.74) is 0. The zero-order valence-electron chi connectivity index (χ0n) is 1.39. The van der Waals surface area contributed by atoms with Crippen LogP contribution in [-0.4, -0.2) is 37.7 Å². The van der Waals surface area contributed by atoms with Gasteiger partial charge >= 0.3 is 37.7 Å². The average Bonchev–Trinajstić information content (AvgIpc) is 0. The summed E-state index contributed by atoms with van der Waals surface area (Å²) in [6.45, 7) is 0. The van der Waals surface area contributed by atoms with Crippen LogP contribution in [0.15, 0.2) is 0 Å². The van der Waals surface area contributed by atoms with Crippen LogP contribution in [0.25, 0.3) is 0 Å². The molecule has 0 rings (SSSR count). The van der Waals surface area contributed by atoms with Gasteiger partial charge in [0.15, 0.2) is 0 Å². The topological polar surface area (TPSA) is 0 Å². The van der Waals surface area contributed by atoms with Gasteiger partial charge in [-0.15, -0.1) is 0 Å². The number of rotatable bonds is 0. The van der Waals surface area contributed by atoms with E-state index in [1.807, 2.05) is 0 Å². The zero-order chi connectivity index (χ0) is 0. The molecule has 0 atom stereocenters. The average molecular weight is 171 g/mol. The molecule has 0 heterocycles. The fraction of sp³-hybridized carbons (Fsp3) is 0. The maximum Gasteiger partial charge on any atom is 0 e. The molecular weight excluding hydrogens is 167 g/mol. The predicted octanol–water partition coefficient (Wildman–Crippen LogP) is -0.614. The van der Waals surface area contributed by atoms with Crippen molar-refractivity contribution in [1.82, 2.24) is 0 Å². The Hall–Kier alpha value is 2.22. The minimum Gasteiger partial charge on any atom is 0 e. The molecule has 4 heavy (non-hydrogen) atoms. The molecule has 0 N–H and O–H groups in total. The fourth-order valence-corrected chi connectivity index (χ4v) is 0. The number of hydrogen-bond donors (Lipinski definition) is 0. The summed E-state index contributed by atoms with van der Waals surface area (Å²) in [7, 11) is 0. The van der Waals surface area contributed by atoms with Crippen LogP contribution in [0.4, 0.5) is 9.41 Å². The van der Waals surface area contributed by atoms with Gasteiger partial charge in [0.05, 0.1) is 0 Å². The normalized spacial score (nSPS) is 0. The van der Waals surface area contributed by atoms with Crippen molar-refractivity contribution in [1.29, 1.82) is 0 Å². The quantitative estimate of drug-likeness (QED) is 0.426. The zero-order valence-corrected chi connectivity index (χ0v) is 4.23. The summed E-state index contributed by atoms with van der Waals surface area (Å²) in [5, 5.41) is 0. The molecule has 0 aliphatic heterocycles. The molecule has 0 aliphatic carbocycles. The second-order valence-electron chi connectivity index (χ2n) is 0. The molecule has 0 nitrogen and oxygen atoms in total. The van der Waals surface area contributed by atoms with E-state index in [4.69, 9.17) is 0 Å². The van der Waals surface area contributed by atoms with Gasteiger partial charge in [0.2, 0.25) is 0 Å². The van der Waals surface area contributed by atoms with Crippen LogP contribution in [0.3, 0.4) is 0 Å². The van der Waals surface area contributed by atoms with Crippen molar-refractivity contribution in [3.63, 3.8) is 0 Å². The van der Waals surface area contributed by atoms with Crippen molar-refractivity contribution in [2.75, 3.05) is 0 Å². The molecule has 0 bridgehead atoms. The number of halogens is 2. The van der Waals surface area contributed by atoms with Crippen LogP contribution >= 0.6 is 0 Å². The molecule has 0 aromatic heterocycles. The molecule has 0 aliphatic rings. The van der Waals surface area contributed by atoms with Crippen LogP contribution in [0.1, 0.15) is 0 Å². The molecule has 4 heteroatoms. The third-order valence-corrected chi connectivity index (χ3v) is 0. The maximum absolute atomic E-state index is 0. The van der Waals surface area contributed by atoms with E-state index in [2.05, 4.69) is 0 Å². The van der Waals surface area contributed by atoms with Crippen molar-refractivity contribution in [2.24, 2.45) is 0 Å². The summed E-state index contributed by atoms with van der Waals surface area (Å²) >= 11 is 0. The van der Waals surface area contributed by atoms with Gasteiger partial charge in [-0.25, -0.2) is 0 Å². The Morgan fingerprint density at radius 2 is 0.750 bits per heavy atom. The van der Waals surface area contributed by atoms with E-state index in [9.17, 15) is 0 Å². The minimum absolute atomic E-state index is 0. The Morgan fingerprint density at radius 3 is 0.750 bits per heavy atom. The first-order chi connectivity index (χ1) is 0. The molecule has 0 spiro atoms. The Kier molecular flexibility index (Phi) is 162. The third-order valence-electron chi connectivity index (χ3n) is 0. The molecule has 0 aromatic rings. The summed E-state index contributed by atoms with van der Waals surface area (Å²) in [6, 6.07) is 0. The summed E-state index contributed by atoms with van der Waals surface area (Å²) < 4.78 is 0. The first-order valence-corrected chi connectivity index (χ1v) is 0. The largest absolute Gasteiger partial charge is 0 e. The van der Waals surface area contributed by atoms with Gasteiger partial charge in [-0.1, -0.05) is 0 Å². The molecule has 1 radical (unpaired) electrons. The Labute approximate surface area is 78.3 Å². The van der Waals surface area contributed by atoms with Gasteiger partial charge in [0.1, 0.15) is 0 Å². The predicted molar refractivity (Wildman–Crippen MR) is 13.5 cm³/mol. The molecule has 23 valence electrons. The molecular formula is H4CaF2Y. The van der Waals surface area contributed by atoms with Crippen LogP contribution in [0, 0.1) is 0 Å². The summed E-state index contributed by atoms with van der Waals surface area (Å²) in [5.74, 6) is 0. The van der Waals surface area contributed by atoms with Crippen molar-refractivity contribution in [3.05, 3.63) is 0 Å². The fourth-order valence-electron chi connectivity index (χ4n) is 0. The Morgan fingerprint density at radius 1 is 0.750 bits per heavy atom. The summed E-state index contributed by atoms with van der Waals surface area (Å²) in [6.07, 6.45) is 0. The van der Waals surface area contributed by atoms with E-state index < -0.39 is 0 Å². The molecule has 0 unspecified atom stereocenters. The van der Waals surface area contributed by atoms with E-state index in [1.54, 1.807) is 0 Å². The first-order valence-electron chi connectivity index (χ1n) is 0. The van der Waals surface area contributed by atoms with Crippen molar-refractivity contribution < 1.29 is 42.1 Å². The van der Waals surface area contributed by atoms with Crippen LogP contribution in [-0.2, 0) is 32.7 Å². The first kappa shape index (κ1) is 34.3. The maximum atomic E-state index is 0. The van der Waals surface area contributed by atoms with Crippen LogP contribution in [0.2, 0.25) is 0 Å². The van der Waals surface area contributed by atoms with Crippen molar-refractivity contribution in [2.45, 2.75) is 0 Å². The second kappa shape index (κ2) is 18.8. The number of hydrogen-bond acceptors (Lipinski definition) is 0. The SMILES string of the molecule is F.F.[CaH2].[Y]. The smallest absolute Gasteiger partial charge is 0 e. The van der Waals surface area contributed by atoms with Gasteiger partial charge in [-0.2, -0.15) is 0 Å². The summed E-state index contributed by atoms with van der Waals surface area (Å²) in [4.78, 5) is 0. The van der Waals surface area contributed by atoms with Gasteiger partial charge in [-0.3, -0.25) is 9.41 Å². The van der Waals surface area contributed by atoms with Gasteiger partial charge in [-0.05, 0) is 0 Å². The molecule has 0 saturated carbocycles. The monoisotopic (exact) mass is 171 g/mol. The minimum atomic E-state index is 0. The second-order valence-corrected chi connectivity index (χ2v) is 0. The van der Waals surface area contributed by atoms with E-state index >= 15 is 0 Å². The molecule has 0 aromatic carbocycles. The van der Waals surface area contributed by atoms with E-state index in [0.29, 0.717) is 0 Å². The van der Waals surface area contributed by atoms with Gasteiger partial charge in [0, 0.05) is 32.7 Å². The van der Waals surface area contributed by atoms with E-state index in [0.717, 1.165) is 0 Å². The standard InChI is InChI=1S/Ca.2FH.Y.2H/h;2*1H;;;. The van der Waals surface area contributed by atoms with Crippen molar-refractivity contribution in [3.8, 4) is 0 Å². The van der Waals surface area contributed by atoms with E-state index in [-0.39, 0.29) is 79.9 Å². The van der Waals surface area contributed by atoms with Crippen molar-refractivity contribution >= 4 is 37.7 Å².